The van der Waals surface area contributed by atoms with Crippen molar-refractivity contribution in [2.75, 3.05) is 11.4 Å². The summed E-state index contributed by atoms with van der Waals surface area (Å²) in [5, 5.41) is 0.574. The van der Waals surface area contributed by atoms with Crippen LogP contribution in [0.25, 0.3) is 0 Å². The summed E-state index contributed by atoms with van der Waals surface area (Å²) in [4.78, 5) is 10.6. The number of rotatable bonds is 1. The summed E-state index contributed by atoms with van der Waals surface area (Å²) in [7, 11) is 0. The van der Waals surface area contributed by atoms with E-state index >= 15 is 0 Å². The van der Waals surface area contributed by atoms with E-state index in [9.17, 15) is 0 Å². The fourth-order valence-electron chi connectivity index (χ4n) is 2.35. The van der Waals surface area contributed by atoms with Crippen molar-refractivity contribution in [1.82, 2.24) is 9.97 Å². The molecule has 3 heterocycles. The minimum Gasteiger partial charge on any atom is -0.336 e. The molecule has 1 aromatic heterocycles. The molecule has 2 bridgehead atoms. The van der Waals surface area contributed by atoms with Gasteiger partial charge in [0.15, 0.2) is 0 Å². The molecule has 2 N–H and O–H groups in total. The van der Waals surface area contributed by atoms with Gasteiger partial charge in [-0.05, 0) is 12.3 Å². The molecule has 1 aromatic rings. The zero-order chi connectivity index (χ0) is 9.71. The third-order valence-electron chi connectivity index (χ3n) is 3.23. The molecule has 3 fully saturated rings. The highest BCUT2D eigenvalue weighted by atomic mass is 35.5. The van der Waals surface area contributed by atoms with Crippen molar-refractivity contribution in [1.29, 1.82) is 0 Å². The molecule has 2 saturated heterocycles. The lowest BCUT2D eigenvalue weighted by atomic mass is 9.81. The van der Waals surface area contributed by atoms with Crippen molar-refractivity contribution >= 4 is 17.5 Å². The second kappa shape index (κ2) is 2.81. The van der Waals surface area contributed by atoms with Crippen LogP contribution in [0.5, 0.6) is 0 Å². The molecule has 4 nitrogen and oxygen atoms in total. The highest BCUT2D eigenvalue weighted by Crippen LogP contribution is 2.41. The molecular formula is C9H11ClN4. The maximum atomic E-state index is 5.96. The third kappa shape index (κ3) is 1.04. The van der Waals surface area contributed by atoms with Crippen LogP contribution in [0.15, 0.2) is 12.4 Å². The number of halogens is 1. The molecule has 14 heavy (non-hydrogen) atoms. The van der Waals surface area contributed by atoms with E-state index in [0.717, 1.165) is 12.5 Å². The standard InChI is InChI=1S/C9H11ClN4/c10-6-2-12-9(13-3-6)14-4-5-1-7(14)8(5)11/h2-3,5,7-8H,1,4,11H2. The molecule has 3 aliphatic rings. The number of fused-ring (bicyclic) bond motifs is 1. The Morgan fingerprint density at radius 2 is 2.14 bits per heavy atom. The second-order valence-corrected chi connectivity index (χ2v) is 4.43. The van der Waals surface area contributed by atoms with Crippen LogP contribution in [0.2, 0.25) is 5.02 Å². The average molecular weight is 211 g/mol. The fraction of sp³-hybridized carbons (Fsp3) is 0.556. The molecule has 5 heteroatoms. The van der Waals surface area contributed by atoms with Gasteiger partial charge in [-0.15, -0.1) is 0 Å². The first-order valence-electron chi connectivity index (χ1n) is 4.75. The van der Waals surface area contributed by atoms with Gasteiger partial charge in [0.25, 0.3) is 0 Å². The van der Waals surface area contributed by atoms with Crippen LogP contribution in [-0.2, 0) is 0 Å². The number of hydrogen-bond acceptors (Lipinski definition) is 4. The van der Waals surface area contributed by atoms with Crippen molar-refractivity contribution in [3.63, 3.8) is 0 Å². The van der Waals surface area contributed by atoms with E-state index in [1.165, 1.54) is 6.42 Å². The van der Waals surface area contributed by atoms with Gasteiger partial charge in [0, 0.05) is 18.6 Å². The minimum absolute atomic E-state index is 0.314. The summed E-state index contributed by atoms with van der Waals surface area (Å²) in [6, 6.07) is 0.760. The summed E-state index contributed by atoms with van der Waals surface area (Å²) in [5.74, 6) is 1.40. The first-order valence-corrected chi connectivity index (χ1v) is 5.13. The summed E-state index contributed by atoms with van der Waals surface area (Å²) in [6.45, 7) is 0.994. The molecule has 2 aliphatic heterocycles. The average Bonchev–Trinajstić information content (AvgIpc) is 2.75. The van der Waals surface area contributed by atoms with Crippen LogP contribution in [0.4, 0.5) is 5.95 Å². The topological polar surface area (TPSA) is 55.0 Å². The largest absolute Gasteiger partial charge is 0.336 e. The van der Waals surface area contributed by atoms with Gasteiger partial charge in [-0.2, -0.15) is 0 Å². The summed E-state index contributed by atoms with van der Waals surface area (Å²) in [6.07, 6.45) is 4.45. The van der Waals surface area contributed by atoms with E-state index in [2.05, 4.69) is 14.9 Å². The molecule has 1 saturated carbocycles. The molecule has 0 aromatic carbocycles. The lowest BCUT2D eigenvalue weighted by molar-refractivity contribution is 0.311. The van der Waals surface area contributed by atoms with Gasteiger partial charge in [0.05, 0.1) is 17.4 Å². The molecule has 0 radical (unpaired) electrons. The number of nitrogens with two attached hydrogens (primary N) is 1. The third-order valence-corrected chi connectivity index (χ3v) is 3.42. The molecule has 74 valence electrons. The van der Waals surface area contributed by atoms with E-state index in [-0.39, 0.29) is 0 Å². The number of hydrogen-bond donors (Lipinski definition) is 1. The Morgan fingerprint density at radius 1 is 1.43 bits per heavy atom. The van der Waals surface area contributed by atoms with Gasteiger partial charge in [-0.25, -0.2) is 9.97 Å². The zero-order valence-corrected chi connectivity index (χ0v) is 8.35. The van der Waals surface area contributed by atoms with Crippen molar-refractivity contribution < 1.29 is 0 Å². The molecule has 4 rings (SSSR count). The van der Waals surface area contributed by atoms with Crippen LogP contribution in [0, 0.1) is 5.92 Å². The quantitative estimate of drug-likeness (QED) is 0.740. The Balaban J connectivity index is 1.87. The van der Waals surface area contributed by atoms with Gasteiger partial charge in [-0.3, -0.25) is 0 Å². The molecule has 3 atom stereocenters. The number of anilines is 1. The maximum Gasteiger partial charge on any atom is 0.225 e. The molecule has 1 aliphatic carbocycles. The second-order valence-electron chi connectivity index (χ2n) is 3.99. The summed E-state index contributed by atoms with van der Waals surface area (Å²) >= 11 is 5.73. The molecule has 3 unspecified atom stereocenters. The predicted octanol–water partition coefficient (Wildman–Crippen LogP) is 0.666. The van der Waals surface area contributed by atoms with Crippen LogP contribution < -0.4 is 10.6 Å². The molecule has 0 spiro atoms. The lowest BCUT2D eigenvalue weighted by Gasteiger charge is -2.33. The van der Waals surface area contributed by atoms with E-state index in [1.54, 1.807) is 12.4 Å². The van der Waals surface area contributed by atoms with Crippen molar-refractivity contribution in [3.8, 4) is 0 Å². The normalized spacial score (nSPS) is 34.4. The van der Waals surface area contributed by atoms with Gasteiger partial charge >= 0.3 is 0 Å². The monoisotopic (exact) mass is 210 g/mol. The first-order chi connectivity index (χ1) is 6.75. The van der Waals surface area contributed by atoms with Gasteiger partial charge in [0.2, 0.25) is 5.95 Å². The van der Waals surface area contributed by atoms with E-state index in [1.807, 2.05) is 0 Å². The summed E-state index contributed by atoms with van der Waals surface area (Å²) in [5.41, 5.74) is 5.96. The van der Waals surface area contributed by atoms with Crippen LogP contribution in [0.1, 0.15) is 6.42 Å². The van der Waals surface area contributed by atoms with Crippen LogP contribution in [0.3, 0.4) is 0 Å². The highest BCUT2D eigenvalue weighted by molar-refractivity contribution is 6.30. The Morgan fingerprint density at radius 3 is 2.64 bits per heavy atom. The number of aromatic nitrogens is 2. The van der Waals surface area contributed by atoms with E-state index < -0.39 is 0 Å². The molecule has 0 amide bonds. The van der Waals surface area contributed by atoms with E-state index in [0.29, 0.717) is 23.0 Å². The van der Waals surface area contributed by atoms with Crippen LogP contribution in [-0.4, -0.2) is 28.6 Å². The molecular weight excluding hydrogens is 200 g/mol. The maximum absolute atomic E-state index is 5.96. The Kier molecular flexibility index (Phi) is 1.69. The minimum atomic E-state index is 0.314. The first kappa shape index (κ1) is 8.44. The van der Waals surface area contributed by atoms with Gasteiger partial charge in [-0.1, -0.05) is 11.6 Å². The van der Waals surface area contributed by atoms with Crippen molar-refractivity contribution in [3.05, 3.63) is 17.4 Å². The van der Waals surface area contributed by atoms with Gasteiger partial charge < -0.3 is 10.6 Å². The van der Waals surface area contributed by atoms with Crippen molar-refractivity contribution in [2.45, 2.75) is 18.5 Å². The van der Waals surface area contributed by atoms with E-state index in [4.69, 9.17) is 17.3 Å². The lowest BCUT2D eigenvalue weighted by Crippen LogP contribution is -2.49. The highest BCUT2D eigenvalue weighted by Gasteiger charge is 2.50. The Bertz CT molecular complexity index is 352. The fourth-order valence-corrected chi connectivity index (χ4v) is 2.44. The zero-order valence-electron chi connectivity index (χ0n) is 7.60. The Hall–Kier alpha value is -0.870. The number of nitrogens with zero attached hydrogens (tertiary/aromatic N) is 3. The smallest absolute Gasteiger partial charge is 0.225 e. The van der Waals surface area contributed by atoms with Crippen molar-refractivity contribution in [2.24, 2.45) is 11.7 Å². The Labute approximate surface area is 87.1 Å². The van der Waals surface area contributed by atoms with Gasteiger partial charge in [0.1, 0.15) is 0 Å². The predicted molar refractivity (Wildman–Crippen MR) is 54.3 cm³/mol. The SMILES string of the molecule is NC1C2CC1N(c1ncc(Cl)cn1)C2. The summed E-state index contributed by atoms with van der Waals surface area (Å²) < 4.78 is 0. The van der Waals surface area contributed by atoms with Crippen LogP contribution >= 0.6 is 11.6 Å².